The van der Waals surface area contributed by atoms with Crippen LogP contribution in [0.5, 0.6) is 0 Å². The molecule has 8 heteroatoms. The van der Waals surface area contributed by atoms with Crippen molar-refractivity contribution in [3.05, 3.63) is 53.6 Å². The number of nitrogens with two attached hydrogens (primary N) is 1. The zero-order chi connectivity index (χ0) is 24.7. The number of carbonyl (C=O) groups excluding carboxylic acids is 1. The summed E-state index contributed by atoms with van der Waals surface area (Å²) in [5.41, 5.74) is 12.7. The lowest BCUT2D eigenvalue weighted by Gasteiger charge is -2.36. The zero-order valence-electron chi connectivity index (χ0n) is 20.4. The normalized spacial score (nSPS) is 14.7. The molecule has 0 radical (unpaired) electrons. The summed E-state index contributed by atoms with van der Waals surface area (Å²) in [5, 5.41) is 11.8. The number of aromatic amines is 1. The molecule has 8 nitrogen and oxygen atoms in total. The molecule has 0 aliphatic carbocycles. The lowest BCUT2D eigenvalue weighted by molar-refractivity contribution is 0.100. The summed E-state index contributed by atoms with van der Waals surface area (Å²) < 4.78 is 0. The summed E-state index contributed by atoms with van der Waals surface area (Å²) in [6, 6.07) is 14.5. The molecule has 5 N–H and O–H groups in total. The van der Waals surface area contributed by atoms with Gasteiger partial charge >= 0.3 is 0 Å². The predicted molar refractivity (Wildman–Crippen MR) is 144 cm³/mol. The first-order valence-electron chi connectivity index (χ1n) is 11.9. The van der Waals surface area contributed by atoms with Gasteiger partial charge in [0.1, 0.15) is 0 Å². The van der Waals surface area contributed by atoms with Gasteiger partial charge in [-0.2, -0.15) is 0 Å². The Balaban J connectivity index is 1.59. The minimum atomic E-state index is -0.504. The van der Waals surface area contributed by atoms with E-state index in [1.807, 2.05) is 25.2 Å². The van der Waals surface area contributed by atoms with Gasteiger partial charge in [0.25, 0.3) is 5.91 Å². The first-order valence-corrected chi connectivity index (χ1v) is 11.9. The number of amides is 1. The lowest BCUT2D eigenvalue weighted by Crippen LogP contribution is -2.41. The summed E-state index contributed by atoms with van der Waals surface area (Å²) in [7, 11) is 6.12. The second-order valence-electron chi connectivity index (χ2n) is 9.38. The molecule has 2 aromatic carbocycles. The fraction of sp³-hybridized carbons (Fsp3) is 0.296. The van der Waals surface area contributed by atoms with E-state index in [2.05, 4.69) is 52.4 Å². The fourth-order valence-corrected chi connectivity index (χ4v) is 5.09. The van der Waals surface area contributed by atoms with Crippen molar-refractivity contribution in [3.63, 3.8) is 0 Å². The van der Waals surface area contributed by atoms with Crippen LogP contribution in [0, 0.1) is 5.41 Å². The van der Waals surface area contributed by atoms with Crippen LogP contribution < -0.4 is 16.0 Å². The van der Waals surface area contributed by atoms with Crippen LogP contribution in [-0.2, 0) is 0 Å². The monoisotopic (exact) mass is 469 g/mol. The molecule has 0 saturated carbocycles. The van der Waals surface area contributed by atoms with Crippen molar-refractivity contribution in [1.82, 2.24) is 14.9 Å². The third-order valence-electron chi connectivity index (χ3n) is 7.13. The Kier molecular flexibility index (Phi) is 5.90. The number of rotatable bonds is 6. The number of benzene rings is 2. The molecule has 180 valence electrons. The summed E-state index contributed by atoms with van der Waals surface area (Å²) in [6.07, 6.45) is 3.58. The number of primary amides is 1. The molecule has 0 unspecified atom stereocenters. The minimum absolute atomic E-state index is 0.406. The Hall–Kier alpha value is -3.91. The highest BCUT2D eigenvalue weighted by molar-refractivity contribution is 6.14. The van der Waals surface area contributed by atoms with E-state index in [1.54, 1.807) is 6.07 Å². The molecule has 3 heterocycles. The Bertz CT molecular complexity index is 1430. The highest BCUT2D eigenvalue weighted by Crippen LogP contribution is 2.33. The van der Waals surface area contributed by atoms with E-state index in [-0.39, 0.29) is 0 Å². The largest absolute Gasteiger partial charge is 0.388 e. The number of hydrogen-bond donors (Lipinski definition) is 4. The Morgan fingerprint density at radius 3 is 2.63 bits per heavy atom. The molecule has 5 rings (SSSR count). The number of piperidine rings is 1. The van der Waals surface area contributed by atoms with E-state index in [1.165, 1.54) is 11.9 Å². The molecule has 1 amide bonds. The fourth-order valence-electron chi connectivity index (χ4n) is 5.09. The van der Waals surface area contributed by atoms with E-state index in [9.17, 15) is 4.79 Å². The van der Waals surface area contributed by atoms with Crippen LogP contribution in [0.4, 0.5) is 11.4 Å². The average Bonchev–Trinajstić information content (AvgIpc) is 3.25. The minimum Gasteiger partial charge on any atom is -0.388 e. The molecule has 0 bridgehead atoms. The van der Waals surface area contributed by atoms with Crippen LogP contribution >= 0.6 is 0 Å². The van der Waals surface area contributed by atoms with Gasteiger partial charge in [-0.3, -0.25) is 4.79 Å². The number of nitrogens with one attached hydrogen (secondary N) is 3. The molecule has 1 aliphatic rings. The number of anilines is 2. The van der Waals surface area contributed by atoms with Crippen molar-refractivity contribution in [2.45, 2.75) is 18.9 Å². The van der Waals surface area contributed by atoms with Gasteiger partial charge in [0, 0.05) is 60.3 Å². The number of aromatic nitrogens is 2. The van der Waals surface area contributed by atoms with Crippen molar-refractivity contribution in [2.24, 2.45) is 5.73 Å². The van der Waals surface area contributed by atoms with Gasteiger partial charge < -0.3 is 31.2 Å². The molecule has 0 atom stereocenters. The molecule has 1 fully saturated rings. The van der Waals surface area contributed by atoms with Crippen LogP contribution in [0.1, 0.15) is 28.8 Å². The first-order chi connectivity index (χ1) is 16.9. The van der Waals surface area contributed by atoms with Gasteiger partial charge in [-0.1, -0.05) is 6.07 Å². The van der Waals surface area contributed by atoms with Gasteiger partial charge in [0.2, 0.25) is 0 Å². The van der Waals surface area contributed by atoms with Gasteiger partial charge in [-0.15, -0.1) is 0 Å². The number of carbonyl (C=O) groups is 1. The third-order valence-corrected chi connectivity index (χ3v) is 7.13. The van der Waals surface area contributed by atoms with Gasteiger partial charge in [0.05, 0.1) is 27.8 Å². The number of hydrogen-bond acceptors (Lipinski definition) is 6. The second kappa shape index (κ2) is 9.03. The topological polar surface area (TPSA) is 114 Å². The standard InChI is InChI=1S/C27H31N7O/c1-30-22-7-4-16(12-17(22)15-28)23-14-21(27(29)35)26-25(31-23)20-6-5-19(13-24(20)32-26)34-10-8-18(9-11-34)33(2)3/h4-7,12-15,18,28,30,32H,8-11H2,1-3H3,(H2,29,35). The first kappa shape index (κ1) is 22.9. The van der Waals surface area contributed by atoms with Crippen LogP contribution in [0.15, 0.2) is 42.5 Å². The molecule has 1 saturated heterocycles. The quantitative estimate of drug-likeness (QED) is 0.318. The summed E-state index contributed by atoms with van der Waals surface area (Å²) in [6.45, 7) is 2.03. The van der Waals surface area contributed by atoms with Gasteiger partial charge in [-0.05, 0) is 63.3 Å². The van der Waals surface area contributed by atoms with Crippen molar-refractivity contribution < 1.29 is 4.79 Å². The van der Waals surface area contributed by atoms with E-state index < -0.39 is 5.91 Å². The van der Waals surface area contributed by atoms with Gasteiger partial charge in [0.15, 0.2) is 0 Å². The maximum atomic E-state index is 12.4. The highest BCUT2D eigenvalue weighted by atomic mass is 16.1. The second-order valence-corrected chi connectivity index (χ2v) is 9.38. The van der Waals surface area contributed by atoms with Crippen LogP contribution in [-0.4, -0.2) is 67.3 Å². The maximum Gasteiger partial charge on any atom is 0.250 e. The lowest BCUT2D eigenvalue weighted by atomic mass is 10.0. The van der Waals surface area contributed by atoms with Crippen LogP contribution in [0.3, 0.4) is 0 Å². The summed E-state index contributed by atoms with van der Waals surface area (Å²) >= 11 is 0. The number of nitrogens with zero attached hydrogens (tertiary/aromatic N) is 3. The third kappa shape index (κ3) is 4.10. The van der Waals surface area contributed by atoms with Gasteiger partial charge in [-0.25, -0.2) is 4.98 Å². The van der Waals surface area contributed by atoms with Crippen molar-refractivity contribution in [2.75, 3.05) is 44.4 Å². The average molecular weight is 470 g/mol. The maximum absolute atomic E-state index is 12.4. The van der Waals surface area contributed by atoms with E-state index in [0.29, 0.717) is 22.8 Å². The Labute approximate surface area is 204 Å². The van der Waals surface area contributed by atoms with Crippen LogP contribution in [0.25, 0.3) is 33.2 Å². The predicted octanol–water partition coefficient (Wildman–Crippen LogP) is 4.05. The van der Waals surface area contributed by atoms with Crippen molar-refractivity contribution >= 4 is 45.4 Å². The van der Waals surface area contributed by atoms with E-state index >= 15 is 0 Å². The number of pyridine rings is 1. The molecule has 4 aromatic rings. The van der Waals surface area contributed by atoms with Crippen molar-refractivity contribution in [3.8, 4) is 11.3 Å². The molecule has 1 aliphatic heterocycles. The van der Waals surface area contributed by atoms with Crippen molar-refractivity contribution in [1.29, 1.82) is 5.41 Å². The molecule has 35 heavy (non-hydrogen) atoms. The zero-order valence-corrected chi connectivity index (χ0v) is 20.4. The molecule has 2 aromatic heterocycles. The SMILES string of the molecule is CNc1ccc(-c2cc(C(N)=O)c3[nH]c4cc(N5CCC(N(C)C)CC5)ccc4c3n2)cc1C=N. The number of fused-ring (bicyclic) bond motifs is 3. The summed E-state index contributed by atoms with van der Waals surface area (Å²) in [4.78, 5) is 25.5. The van der Waals surface area contributed by atoms with E-state index in [4.69, 9.17) is 16.1 Å². The Morgan fingerprint density at radius 1 is 1.20 bits per heavy atom. The molecular weight excluding hydrogens is 438 g/mol. The smallest absolute Gasteiger partial charge is 0.250 e. The summed E-state index contributed by atoms with van der Waals surface area (Å²) in [5.74, 6) is -0.504. The number of H-pyrrole nitrogens is 1. The Morgan fingerprint density at radius 2 is 1.97 bits per heavy atom. The van der Waals surface area contributed by atoms with Crippen LogP contribution in [0.2, 0.25) is 0 Å². The molecular formula is C27H31N7O. The van der Waals surface area contributed by atoms with E-state index in [0.717, 1.165) is 59.2 Å². The highest BCUT2D eigenvalue weighted by Gasteiger charge is 2.22. The molecule has 0 spiro atoms.